The molecule has 9 nitrogen and oxygen atoms in total. The molecule has 0 saturated heterocycles. The van der Waals surface area contributed by atoms with Gasteiger partial charge in [0.2, 0.25) is 10.0 Å². The molecule has 0 radical (unpaired) electrons. The van der Waals surface area contributed by atoms with E-state index >= 15 is 0 Å². The van der Waals surface area contributed by atoms with Gasteiger partial charge in [-0.25, -0.2) is 13.4 Å². The van der Waals surface area contributed by atoms with Crippen molar-refractivity contribution in [3.63, 3.8) is 0 Å². The average molecular weight is 437 g/mol. The van der Waals surface area contributed by atoms with Crippen LogP contribution in [-0.4, -0.2) is 35.7 Å². The molecule has 0 spiro atoms. The number of sulfonamides is 1. The number of aromatic nitrogens is 1. The highest BCUT2D eigenvalue weighted by Gasteiger charge is 2.26. The highest BCUT2D eigenvalue weighted by atomic mass is 32.2. The Morgan fingerprint density at radius 2 is 2.03 bits per heavy atom. The topological polar surface area (TPSA) is 116 Å². The minimum atomic E-state index is -3.81. The summed E-state index contributed by atoms with van der Waals surface area (Å²) in [4.78, 5) is 15.1. The number of nitro benzene ring substituents is 1. The Labute approximate surface area is 171 Å². The molecule has 0 aliphatic heterocycles. The van der Waals surface area contributed by atoms with E-state index in [2.05, 4.69) is 4.98 Å². The van der Waals surface area contributed by atoms with Crippen molar-refractivity contribution in [1.82, 2.24) is 9.29 Å². The molecule has 3 aromatic rings. The zero-order chi connectivity index (χ0) is 21.0. The number of nitrogens with zero attached hydrogens (tertiary/aromatic N) is 3. The summed E-state index contributed by atoms with van der Waals surface area (Å²) in [5.74, 6) is -0.0219. The third kappa shape index (κ3) is 4.47. The quantitative estimate of drug-likeness (QED) is 0.368. The number of rotatable bonds is 9. The van der Waals surface area contributed by atoms with Crippen LogP contribution in [0.5, 0.6) is 5.75 Å². The van der Waals surface area contributed by atoms with Crippen LogP contribution in [0.3, 0.4) is 0 Å². The van der Waals surface area contributed by atoms with Gasteiger partial charge in [0.1, 0.15) is 17.9 Å². The summed E-state index contributed by atoms with van der Waals surface area (Å²) in [6, 6.07) is 5.43. The predicted octanol–water partition coefficient (Wildman–Crippen LogP) is 3.92. The molecule has 29 heavy (non-hydrogen) atoms. The molecule has 0 saturated carbocycles. The minimum Gasteiger partial charge on any atom is -0.480 e. The maximum Gasteiger partial charge on any atom is 0.312 e. The van der Waals surface area contributed by atoms with Gasteiger partial charge in [0, 0.05) is 30.1 Å². The second-order valence-corrected chi connectivity index (χ2v) is 8.72. The van der Waals surface area contributed by atoms with Crippen molar-refractivity contribution in [1.29, 1.82) is 0 Å². The molecule has 11 heteroatoms. The third-order valence-corrected chi connectivity index (χ3v) is 7.15. The predicted molar refractivity (Wildman–Crippen MR) is 107 cm³/mol. The van der Waals surface area contributed by atoms with Gasteiger partial charge in [0.05, 0.1) is 21.8 Å². The van der Waals surface area contributed by atoms with Crippen LogP contribution in [0.15, 0.2) is 51.5 Å². The molecule has 0 fully saturated rings. The van der Waals surface area contributed by atoms with E-state index in [0.29, 0.717) is 5.69 Å². The van der Waals surface area contributed by atoms with Crippen molar-refractivity contribution in [2.45, 2.75) is 25.3 Å². The van der Waals surface area contributed by atoms with Gasteiger partial charge >= 0.3 is 5.69 Å². The van der Waals surface area contributed by atoms with E-state index in [0.717, 1.165) is 16.6 Å². The Morgan fingerprint density at radius 3 is 2.66 bits per heavy atom. The third-order valence-electron chi connectivity index (χ3n) is 4.17. The van der Waals surface area contributed by atoms with Crippen LogP contribution in [0.1, 0.15) is 19.5 Å². The number of nitro groups is 1. The number of thiazole rings is 1. The summed E-state index contributed by atoms with van der Waals surface area (Å²) in [7, 11) is -3.81. The zero-order valence-electron chi connectivity index (χ0n) is 15.8. The number of hydrogen-bond donors (Lipinski definition) is 0. The first kappa shape index (κ1) is 21.0. The van der Waals surface area contributed by atoms with Crippen molar-refractivity contribution >= 4 is 27.0 Å². The largest absolute Gasteiger partial charge is 0.480 e. The second-order valence-electron chi connectivity index (χ2n) is 5.92. The standard InChI is InChI=1S/C18H19N3O6S2/c1-3-20(4-2)29(24,25)15-5-6-17(16(9-15)21(22)23)27-11-14-12-28-18(19-14)13-7-8-26-10-13/h5-10,12H,3-4,11H2,1-2H3. The zero-order valence-corrected chi connectivity index (χ0v) is 17.4. The summed E-state index contributed by atoms with van der Waals surface area (Å²) in [5.41, 5.74) is 1.02. The monoisotopic (exact) mass is 437 g/mol. The van der Waals surface area contributed by atoms with E-state index < -0.39 is 20.6 Å². The Bertz CT molecular complexity index is 1090. The van der Waals surface area contributed by atoms with Gasteiger partial charge in [-0.1, -0.05) is 13.8 Å². The maximum atomic E-state index is 12.6. The van der Waals surface area contributed by atoms with Crippen LogP contribution in [0.2, 0.25) is 0 Å². The minimum absolute atomic E-state index is 0.0112. The summed E-state index contributed by atoms with van der Waals surface area (Å²) in [6.45, 7) is 3.97. The number of ether oxygens (including phenoxy) is 1. The van der Waals surface area contributed by atoms with Gasteiger partial charge in [0.15, 0.2) is 5.75 Å². The van der Waals surface area contributed by atoms with Crippen LogP contribution in [0.25, 0.3) is 10.6 Å². The average Bonchev–Trinajstić information content (AvgIpc) is 3.38. The summed E-state index contributed by atoms with van der Waals surface area (Å²) < 4.78 is 37.1. The van der Waals surface area contributed by atoms with E-state index in [1.165, 1.54) is 27.8 Å². The van der Waals surface area contributed by atoms with Gasteiger partial charge in [0.25, 0.3) is 0 Å². The Morgan fingerprint density at radius 1 is 1.28 bits per heavy atom. The van der Waals surface area contributed by atoms with Crippen molar-refractivity contribution < 1.29 is 22.5 Å². The van der Waals surface area contributed by atoms with Crippen LogP contribution < -0.4 is 4.74 Å². The fraction of sp³-hybridized carbons (Fsp3) is 0.278. The summed E-state index contributed by atoms with van der Waals surface area (Å²) in [5, 5.41) is 14.0. The first-order valence-corrected chi connectivity index (χ1v) is 11.1. The van der Waals surface area contributed by atoms with Crippen LogP contribution in [0.4, 0.5) is 5.69 Å². The molecule has 0 bridgehead atoms. The van der Waals surface area contributed by atoms with Gasteiger partial charge in [-0.2, -0.15) is 4.31 Å². The number of benzene rings is 1. The molecule has 0 unspecified atom stereocenters. The molecule has 0 amide bonds. The molecule has 154 valence electrons. The van der Waals surface area contributed by atoms with Crippen LogP contribution in [0, 0.1) is 10.1 Å². The molecular weight excluding hydrogens is 418 g/mol. The van der Waals surface area contributed by atoms with Crippen molar-refractivity contribution in [2.24, 2.45) is 0 Å². The number of furan rings is 1. The molecule has 0 atom stereocenters. The van der Waals surface area contributed by atoms with Crippen molar-refractivity contribution in [3.05, 3.63) is 58.0 Å². The molecule has 0 aliphatic carbocycles. The molecule has 0 N–H and O–H groups in total. The highest BCUT2D eigenvalue weighted by molar-refractivity contribution is 7.89. The van der Waals surface area contributed by atoms with E-state index in [1.807, 2.05) is 0 Å². The normalized spacial score (nSPS) is 11.7. The first-order valence-electron chi connectivity index (χ1n) is 8.75. The van der Waals surface area contributed by atoms with Gasteiger partial charge in [-0.3, -0.25) is 10.1 Å². The van der Waals surface area contributed by atoms with E-state index in [9.17, 15) is 18.5 Å². The van der Waals surface area contributed by atoms with Crippen molar-refractivity contribution in [3.8, 4) is 16.3 Å². The van der Waals surface area contributed by atoms with Crippen molar-refractivity contribution in [2.75, 3.05) is 13.1 Å². The van der Waals surface area contributed by atoms with E-state index in [1.54, 1.807) is 37.8 Å². The molecule has 1 aromatic carbocycles. The van der Waals surface area contributed by atoms with E-state index in [-0.39, 0.29) is 30.3 Å². The maximum absolute atomic E-state index is 12.6. The van der Waals surface area contributed by atoms with Crippen LogP contribution >= 0.6 is 11.3 Å². The lowest BCUT2D eigenvalue weighted by Gasteiger charge is -2.18. The Balaban J connectivity index is 1.82. The Kier molecular flexibility index (Phi) is 6.30. The fourth-order valence-corrected chi connectivity index (χ4v) is 4.95. The van der Waals surface area contributed by atoms with Gasteiger partial charge in [-0.05, 0) is 18.2 Å². The lowest BCUT2D eigenvalue weighted by atomic mass is 10.3. The molecular formula is C18H19N3O6S2. The highest BCUT2D eigenvalue weighted by Crippen LogP contribution is 2.32. The summed E-state index contributed by atoms with van der Waals surface area (Å²) in [6.07, 6.45) is 3.12. The lowest BCUT2D eigenvalue weighted by molar-refractivity contribution is -0.386. The smallest absolute Gasteiger partial charge is 0.312 e. The first-order chi connectivity index (χ1) is 13.9. The molecule has 2 aromatic heterocycles. The van der Waals surface area contributed by atoms with Gasteiger partial charge in [-0.15, -0.1) is 11.3 Å². The lowest BCUT2D eigenvalue weighted by Crippen LogP contribution is -2.30. The van der Waals surface area contributed by atoms with Gasteiger partial charge < -0.3 is 9.15 Å². The fourth-order valence-electron chi connectivity index (χ4n) is 2.68. The van der Waals surface area contributed by atoms with E-state index in [4.69, 9.17) is 9.15 Å². The van der Waals surface area contributed by atoms with Crippen LogP contribution in [-0.2, 0) is 16.6 Å². The Hall–Kier alpha value is -2.76. The summed E-state index contributed by atoms with van der Waals surface area (Å²) >= 11 is 1.40. The molecule has 0 aliphatic rings. The number of hydrogen-bond acceptors (Lipinski definition) is 8. The molecule has 2 heterocycles. The second kappa shape index (κ2) is 8.72. The SMILES string of the molecule is CCN(CC)S(=O)(=O)c1ccc(OCc2csc(-c3ccoc3)n2)c([N+](=O)[O-])c1. The molecule has 3 rings (SSSR count).